The van der Waals surface area contributed by atoms with Gasteiger partial charge in [-0.05, 0) is 26.7 Å². The molecule has 0 saturated carbocycles. The monoisotopic (exact) mass is 392 g/mol. The van der Waals surface area contributed by atoms with Gasteiger partial charge in [0.2, 0.25) is 5.13 Å². The van der Waals surface area contributed by atoms with E-state index >= 15 is 0 Å². The maximum absolute atomic E-state index is 12.6. The van der Waals surface area contributed by atoms with Crippen molar-refractivity contribution >= 4 is 22.4 Å². The third-order valence-electron chi connectivity index (χ3n) is 5.61. The van der Waals surface area contributed by atoms with Crippen molar-refractivity contribution in [1.29, 1.82) is 0 Å². The second-order valence-corrected chi connectivity index (χ2v) is 8.46. The Bertz CT molecular complexity index is 801. The predicted molar refractivity (Wildman–Crippen MR) is 99.9 cm³/mol. The summed E-state index contributed by atoms with van der Waals surface area (Å²) in [6.07, 6.45) is 2.93. The van der Waals surface area contributed by atoms with Crippen molar-refractivity contribution in [2.24, 2.45) is 0 Å². The zero-order chi connectivity index (χ0) is 19.1. The fraction of sp³-hybridized carbons (Fsp3) is 0.647. The lowest BCUT2D eigenvalue weighted by Crippen LogP contribution is -2.65. The quantitative estimate of drug-likeness (QED) is 0.710. The highest BCUT2D eigenvalue weighted by Gasteiger charge is 2.50. The molecule has 2 aliphatic heterocycles. The topological polar surface area (TPSA) is 116 Å². The van der Waals surface area contributed by atoms with Gasteiger partial charge in [0.25, 0.3) is 5.91 Å². The molecular weight excluding hydrogens is 368 g/mol. The summed E-state index contributed by atoms with van der Waals surface area (Å²) in [6, 6.07) is 0. The van der Waals surface area contributed by atoms with Crippen LogP contribution >= 0.6 is 11.3 Å². The molecular formula is C17H24N6O3S. The molecule has 2 fully saturated rings. The number of nitrogens with one attached hydrogen (secondary N) is 2. The van der Waals surface area contributed by atoms with Crippen LogP contribution in [0.1, 0.15) is 42.5 Å². The first kappa shape index (κ1) is 18.3. The average molecular weight is 392 g/mol. The van der Waals surface area contributed by atoms with Crippen LogP contribution in [0.5, 0.6) is 0 Å². The normalized spacial score (nSPS) is 27.7. The van der Waals surface area contributed by atoms with E-state index in [1.165, 1.54) is 17.5 Å². The van der Waals surface area contributed by atoms with Crippen molar-refractivity contribution in [3.63, 3.8) is 0 Å². The molecule has 4 rings (SSSR count). The number of aliphatic hydroxyl groups is 1. The highest BCUT2D eigenvalue weighted by Crippen LogP contribution is 2.40. The molecule has 2 aromatic heterocycles. The van der Waals surface area contributed by atoms with Crippen molar-refractivity contribution in [2.45, 2.75) is 50.4 Å². The van der Waals surface area contributed by atoms with Gasteiger partial charge in [-0.3, -0.25) is 4.79 Å². The molecule has 4 heterocycles. The van der Waals surface area contributed by atoms with E-state index in [9.17, 15) is 9.90 Å². The smallest absolute Gasteiger partial charge is 0.269 e. The number of carbonyl (C=O) groups excluding carboxylic acids is 1. The van der Waals surface area contributed by atoms with Gasteiger partial charge >= 0.3 is 0 Å². The lowest BCUT2D eigenvalue weighted by Gasteiger charge is -2.51. The van der Waals surface area contributed by atoms with E-state index in [2.05, 4.69) is 30.4 Å². The van der Waals surface area contributed by atoms with Gasteiger partial charge in [0, 0.05) is 19.5 Å². The number of anilines is 1. The summed E-state index contributed by atoms with van der Waals surface area (Å²) in [7, 11) is 0. The number of aliphatic hydroxyl groups excluding tert-OH is 1. The van der Waals surface area contributed by atoms with Crippen molar-refractivity contribution in [1.82, 2.24) is 25.5 Å². The molecule has 2 saturated heterocycles. The summed E-state index contributed by atoms with van der Waals surface area (Å²) < 4.78 is 6.09. The summed E-state index contributed by atoms with van der Waals surface area (Å²) >= 11 is 1.53. The molecule has 2 aromatic rings. The van der Waals surface area contributed by atoms with Gasteiger partial charge in [-0.25, -0.2) is 4.98 Å². The van der Waals surface area contributed by atoms with Crippen LogP contribution in [0.25, 0.3) is 0 Å². The minimum atomic E-state index is -0.766. The van der Waals surface area contributed by atoms with E-state index in [-0.39, 0.29) is 18.1 Å². The molecule has 0 radical (unpaired) electrons. The third-order valence-corrected chi connectivity index (χ3v) is 6.36. The summed E-state index contributed by atoms with van der Waals surface area (Å²) in [5.74, 6) is 0.416. The Morgan fingerprint density at radius 3 is 2.89 bits per heavy atom. The Labute approximate surface area is 161 Å². The van der Waals surface area contributed by atoms with Crippen LogP contribution < -0.4 is 10.2 Å². The van der Waals surface area contributed by atoms with Gasteiger partial charge in [-0.15, -0.1) is 10.2 Å². The number of ether oxygens (including phenoxy) is 1. The van der Waals surface area contributed by atoms with E-state index in [1.807, 2.05) is 6.92 Å². The number of nitrogens with zero attached hydrogens (tertiary/aromatic N) is 4. The fourth-order valence-corrected chi connectivity index (χ4v) is 4.61. The Kier molecular flexibility index (Phi) is 4.65. The molecule has 2 atom stereocenters. The average Bonchev–Trinajstić information content (AvgIpc) is 3.31. The molecule has 9 nitrogen and oxygen atoms in total. The van der Waals surface area contributed by atoms with E-state index in [0.717, 1.165) is 31.1 Å². The number of H-pyrrole nitrogens is 1. The van der Waals surface area contributed by atoms with Crippen LogP contribution in [0.3, 0.4) is 0 Å². The van der Waals surface area contributed by atoms with Gasteiger partial charge in [0.05, 0.1) is 23.9 Å². The highest BCUT2D eigenvalue weighted by atomic mass is 32.1. The van der Waals surface area contributed by atoms with Gasteiger partial charge in [0.1, 0.15) is 23.1 Å². The van der Waals surface area contributed by atoms with Gasteiger partial charge in [-0.1, -0.05) is 11.3 Å². The molecule has 1 spiro atoms. The summed E-state index contributed by atoms with van der Waals surface area (Å²) in [5, 5.41) is 22.5. The van der Waals surface area contributed by atoms with Crippen LogP contribution in [0.15, 0.2) is 11.7 Å². The van der Waals surface area contributed by atoms with E-state index in [0.29, 0.717) is 17.9 Å². The number of aryl methyl sites for hydroxylation is 1. The Balaban J connectivity index is 1.45. The lowest BCUT2D eigenvalue weighted by atomic mass is 9.74. The lowest BCUT2D eigenvalue weighted by molar-refractivity contribution is -0.167. The van der Waals surface area contributed by atoms with Crippen LogP contribution in [-0.2, 0) is 4.74 Å². The molecule has 0 aromatic carbocycles. The number of amides is 1. The number of aromatic amines is 1. The molecule has 3 N–H and O–H groups in total. The Hall–Kier alpha value is -2.04. The molecule has 2 aliphatic rings. The Morgan fingerprint density at radius 1 is 1.48 bits per heavy atom. The molecule has 10 heteroatoms. The van der Waals surface area contributed by atoms with E-state index < -0.39 is 11.6 Å². The number of hydrogen-bond donors (Lipinski definition) is 3. The third kappa shape index (κ3) is 3.56. The Morgan fingerprint density at radius 2 is 2.26 bits per heavy atom. The van der Waals surface area contributed by atoms with Crippen molar-refractivity contribution < 1.29 is 14.6 Å². The van der Waals surface area contributed by atoms with E-state index in [4.69, 9.17) is 4.74 Å². The number of piperidine rings is 1. The predicted octanol–water partition coefficient (Wildman–Crippen LogP) is 0.879. The second-order valence-electron chi connectivity index (χ2n) is 7.65. The van der Waals surface area contributed by atoms with Crippen LogP contribution in [-0.4, -0.2) is 68.1 Å². The number of imidazole rings is 1. The van der Waals surface area contributed by atoms with Crippen LogP contribution in [0, 0.1) is 6.92 Å². The standard InChI is InChI=1S/C17H24N6O3S/c1-11-18-7-12(20-11)14(25)21-16(2)9-17(26-8-13(16)24)3-5-23(6-4-17)15-22-19-10-27-15/h7,10,13,24H,3-6,8-9H2,1-2H3,(H,18,20)(H,21,25)/t13-,16-/m1/s1. The molecule has 27 heavy (non-hydrogen) atoms. The fourth-order valence-electron chi connectivity index (χ4n) is 4.00. The first-order valence-corrected chi connectivity index (χ1v) is 9.94. The SMILES string of the molecule is Cc1ncc(C(=O)N[C@]2(C)CC3(CCN(c4nncs4)CC3)OC[C@H]2O)[nH]1. The maximum Gasteiger partial charge on any atom is 0.269 e. The van der Waals surface area contributed by atoms with Crippen molar-refractivity contribution in [3.8, 4) is 0 Å². The first-order chi connectivity index (χ1) is 12.9. The number of rotatable bonds is 3. The van der Waals surface area contributed by atoms with E-state index in [1.54, 1.807) is 12.4 Å². The molecule has 0 bridgehead atoms. The summed E-state index contributed by atoms with van der Waals surface area (Å²) in [5.41, 5.74) is 1.01. The molecule has 146 valence electrons. The second kappa shape index (κ2) is 6.84. The molecule has 1 amide bonds. The molecule has 0 unspecified atom stereocenters. The largest absolute Gasteiger partial charge is 0.388 e. The van der Waals surface area contributed by atoms with Gasteiger partial charge in [0.15, 0.2) is 0 Å². The zero-order valence-corrected chi connectivity index (χ0v) is 16.3. The van der Waals surface area contributed by atoms with Gasteiger partial charge in [-0.2, -0.15) is 0 Å². The molecule has 0 aliphatic carbocycles. The number of hydrogen-bond acceptors (Lipinski definition) is 8. The highest BCUT2D eigenvalue weighted by molar-refractivity contribution is 7.13. The minimum absolute atomic E-state index is 0.206. The van der Waals surface area contributed by atoms with Gasteiger partial charge < -0.3 is 25.0 Å². The van der Waals surface area contributed by atoms with Crippen molar-refractivity contribution in [3.05, 3.63) is 23.2 Å². The number of carbonyl (C=O) groups is 1. The number of aromatic nitrogens is 4. The summed E-state index contributed by atoms with van der Waals surface area (Å²) in [6.45, 7) is 5.52. The van der Waals surface area contributed by atoms with Crippen LogP contribution in [0.4, 0.5) is 5.13 Å². The summed E-state index contributed by atoms with van der Waals surface area (Å²) in [4.78, 5) is 21.8. The van der Waals surface area contributed by atoms with Crippen molar-refractivity contribution in [2.75, 3.05) is 24.6 Å². The zero-order valence-electron chi connectivity index (χ0n) is 15.4. The first-order valence-electron chi connectivity index (χ1n) is 9.06. The van der Waals surface area contributed by atoms with Crippen LogP contribution in [0.2, 0.25) is 0 Å². The minimum Gasteiger partial charge on any atom is -0.388 e. The maximum atomic E-state index is 12.6.